The smallest absolute Gasteiger partial charge is 0.143 e. The highest BCUT2D eigenvalue weighted by atomic mass is 16.5. The van der Waals surface area contributed by atoms with E-state index < -0.39 is 0 Å². The maximum atomic E-state index is 7.20. The largest absolute Gasteiger partial charge is 0.456 e. The fourth-order valence-electron chi connectivity index (χ4n) is 10.5. The van der Waals surface area contributed by atoms with Crippen molar-refractivity contribution >= 4 is 49.8 Å². The molecule has 3 nitrogen and oxygen atoms in total. The minimum absolute atomic E-state index is 0.163. The third-order valence-electron chi connectivity index (χ3n) is 13.7. The van der Waals surface area contributed by atoms with Gasteiger partial charge >= 0.3 is 0 Å². The maximum Gasteiger partial charge on any atom is 0.143 e. The van der Waals surface area contributed by atoms with E-state index in [9.17, 15) is 0 Å². The van der Waals surface area contributed by atoms with E-state index >= 15 is 0 Å². The molecule has 0 fully saturated rings. The van der Waals surface area contributed by atoms with Gasteiger partial charge < -0.3 is 14.1 Å². The predicted molar refractivity (Wildman–Crippen MR) is 265 cm³/mol. The van der Waals surface area contributed by atoms with Crippen LogP contribution in [0.4, 0.5) is 17.1 Å². The van der Waals surface area contributed by atoms with E-state index in [1.165, 1.54) is 38.8 Å². The summed E-state index contributed by atoms with van der Waals surface area (Å²) < 4.78 is 13.7. The third kappa shape index (κ3) is 5.54. The fraction of sp³-hybridized carbons (Fsp3) is 0.0492. The molecule has 1 aromatic heterocycles. The number of furan rings is 1. The van der Waals surface area contributed by atoms with Crippen molar-refractivity contribution in [2.24, 2.45) is 0 Å². The number of nitrogens with zero attached hydrogens (tertiary/aromatic N) is 1. The Labute approximate surface area is 372 Å². The first-order valence-electron chi connectivity index (χ1n) is 22.1. The van der Waals surface area contributed by atoms with Gasteiger partial charge in [-0.3, -0.25) is 0 Å². The number of anilines is 3. The van der Waals surface area contributed by atoms with E-state index in [2.05, 4.69) is 219 Å². The minimum atomic E-state index is -0.163. The van der Waals surface area contributed by atoms with Crippen LogP contribution in [0.2, 0.25) is 0 Å². The first-order valence-corrected chi connectivity index (χ1v) is 22.1. The Hall–Kier alpha value is -8.14. The molecule has 10 aromatic carbocycles. The van der Waals surface area contributed by atoms with Gasteiger partial charge in [-0.2, -0.15) is 0 Å². The Morgan fingerprint density at radius 2 is 0.969 bits per heavy atom. The number of ether oxygens (including phenoxy) is 1. The summed E-state index contributed by atoms with van der Waals surface area (Å²) in [7, 11) is 0. The average molecular weight is 820 g/mol. The summed E-state index contributed by atoms with van der Waals surface area (Å²) in [6.45, 7) is 4.69. The molecule has 0 N–H and O–H groups in total. The standard InChI is InChI=1S/C61H41NO2/c1-61(2)54-24-10-8-18-47(54)48-32-30-43(36-55(48)61)62(42-28-26-39(27-29-42)46-21-13-23-51-49-19-9-11-25-56(49)64-60(46)51)44-31-33-52-58(37-44)63-57-35-41-17-7-6-16-40(41)34-53(57)50-22-12-20-45(59(50)52)38-14-4-3-5-15-38/h3-37H,1-2H3. The maximum absolute atomic E-state index is 7.20. The van der Waals surface area contributed by atoms with E-state index in [4.69, 9.17) is 9.15 Å². The van der Waals surface area contributed by atoms with E-state index in [1.807, 2.05) is 12.1 Å². The van der Waals surface area contributed by atoms with E-state index in [1.54, 1.807) is 0 Å². The Kier molecular flexibility index (Phi) is 7.95. The minimum Gasteiger partial charge on any atom is -0.456 e. The second kappa shape index (κ2) is 13.9. The van der Waals surface area contributed by atoms with Crippen molar-refractivity contribution in [2.75, 3.05) is 4.90 Å². The van der Waals surface area contributed by atoms with Gasteiger partial charge in [0, 0.05) is 61.6 Å². The van der Waals surface area contributed by atoms with E-state index in [0.29, 0.717) is 0 Å². The van der Waals surface area contributed by atoms with Crippen molar-refractivity contribution in [2.45, 2.75) is 19.3 Å². The highest BCUT2D eigenvalue weighted by Gasteiger charge is 2.36. The number of fused-ring (bicyclic) bond motifs is 12. The molecular weight excluding hydrogens is 779 g/mol. The number of hydrogen-bond acceptors (Lipinski definition) is 3. The molecule has 0 spiro atoms. The lowest BCUT2D eigenvalue weighted by atomic mass is 9.82. The molecule has 0 saturated carbocycles. The molecule has 1 aliphatic carbocycles. The summed E-state index contributed by atoms with van der Waals surface area (Å²) >= 11 is 0. The molecule has 13 rings (SSSR count). The summed E-state index contributed by atoms with van der Waals surface area (Å²) in [5.74, 6) is 1.65. The monoisotopic (exact) mass is 819 g/mol. The molecule has 0 radical (unpaired) electrons. The molecule has 0 amide bonds. The summed E-state index contributed by atoms with van der Waals surface area (Å²) in [5, 5.41) is 4.57. The Morgan fingerprint density at radius 3 is 1.83 bits per heavy atom. The molecule has 3 heteroatoms. The first-order chi connectivity index (χ1) is 31.5. The fourth-order valence-corrected chi connectivity index (χ4v) is 10.5. The van der Waals surface area contributed by atoms with E-state index in [0.717, 1.165) is 89.3 Å². The molecule has 2 heterocycles. The van der Waals surface area contributed by atoms with Gasteiger partial charge in [-0.15, -0.1) is 0 Å². The zero-order chi connectivity index (χ0) is 42.5. The van der Waals surface area contributed by atoms with Crippen LogP contribution < -0.4 is 9.64 Å². The molecule has 0 atom stereocenters. The molecule has 2 aliphatic rings. The quantitative estimate of drug-likeness (QED) is 0.173. The molecule has 64 heavy (non-hydrogen) atoms. The number of benzene rings is 10. The molecule has 1 aliphatic heterocycles. The van der Waals surface area contributed by atoms with Crippen LogP contribution in [-0.4, -0.2) is 0 Å². The average Bonchev–Trinajstić information content (AvgIpc) is 3.78. The third-order valence-corrected chi connectivity index (χ3v) is 13.7. The van der Waals surface area contributed by atoms with Crippen LogP contribution in [-0.2, 0) is 5.41 Å². The number of para-hydroxylation sites is 2. The van der Waals surface area contributed by atoms with Crippen LogP contribution in [0.1, 0.15) is 25.0 Å². The van der Waals surface area contributed by atoms with Crippen molar-refractivity contribution < 1.29 is 9.15 Å². The zero-order valence-corrected chi connectivity index (χ0v) is 35.5. The van der Waals surface area contributed by atoms with Gasteiger partial charge in [-0.1, -0.05) is 166 Å². The van der Waals surface area contributed by atoms with Crippen molar-refractivity contribution in [1.82, 2.24) is 0 Å². The lowest BCUT2D eigenvalue weighted by Crippen LogP contribution is -2.16. The van der Waals surface area contributed by atoms with Crippen LogP contribution in [0.25, 0.3) is 88.3 Å². The molecular formula is C61H41NO2. The zero-order valence-electron chi connectivity index (χ0n) is 35.5. The number of rotatable bonds is 5. The second-order valence-electron chi connectivity index (χ2n) is 17.6. The molecule has 11 aromatic rings. The molecule has 302 valence electrons. The predicted octanol–water partition coefficient (Wildman–Crippen LogP) is 17.3. The summed E-state index contributed by atoms with van der Waals surface area (Å²) in [6.07, 6.45) is 0. The topological polar surface area (TPSA) is 25.6 Å². The van der Waals surface area contributed by atoms with Crippen LogP contribution in [0.15, 0.2) is 217 Å². The van der Waals surface area contributed by atoms with Crippen molar-refractivity contribution in [1.29, 1.82) is 0 Å². The van der Waals surface area contributed by atoms with Crippen molar-refractivity contribution in [3.8, 4) is 67.1 Å². The van der Waals surface area contributed by atoms with Crippen LogP contribution in [0, 0.1) is 0 Å². The van der Waals surface area contributed by atoms with Gasteiger partial charge in [0.25, 0.3) is 0 Å². The van der Waals surface area contributed by atoms with Crippen LogP contribution in [0.5, 0.6) is 11.5 Å². The summed E-state index contributed by atoms with van der Waals surface area (Å²) in [6, 6.07) is 76.6. The van der Waals surface area contributed by atoms with Gasteiger partial charge in [-0.05, 0) is 110 Å². The highest BCUT2D eigenvalue weighted by Crippen LogP contribution is 2.54. The second-order valence-corrected chi connectivity index (χ2v) is 17.6. The Balaban J connectivity index is 1.01. The molecule has 0 bridgehead atoms. The van der Waals surface area contributed by atoms with E-state index in [-0.39, 0.29) is 5.41 Å². The lowest BCUT2D eigenvalue weighted by molar-refractivity contribution is 0.488. The van der Waals surface area contributed by atoms with Gasteiger partial charge in [0.15, 0.2) is 0 Å². The summed E-state index contributed by atoms with van der Waals surface area (Å²) in [5.41, 5.74) is 19.0. The summed E-state index contributed by atoms with van der Waals surface area (Å²) in [4.78, 5) is 2.38. The van der Waals surface area contributed by atoms with Gasteiger partial charge in [-0.25, -0.2) is 0 Å². The highest BCUT2D eigenvalue weighted by molar-refractivity contribution is 6.10. The van der Waals surface area contributed by atoms with Gasteiger partial charge in [0.05, 0.1) is 0 Å². The molecule has 0 saturated heterocycles. The Morgan fingerprint density at radius 1 is 0.375 bits per heavy atom. The Bertz CT molecular complexity index is 3670. The van der Waals surface area contributed by atoms with Crippen LogP contribution >= 0.6 is 0 Å². The van der Waals surface area contributed by atoms with Crippen molar-refractivity contribution in [3.05, 3.63) is 223 Å². The number of hydrogen-bond donors (Lipinski definition) is 0. The van der Waals surface area contributed by atoms with Gasteiger partial charge in [0.1, 0.15) is 22.7 Å². The lowest BCUT2D eigenvalue weighted by Gasteiger charge is -2.29. The normalized spacial score (nSPS) is 13.1. The SMILES string of the molecule is CC1(C)c2ccccc2-c2ccc(N(c3ccc(-c4cccc5c4oc4ccccc45)cc3)c3ccc4c(c3)Oc3cc5ccccc5cc3-c3cccc(-c5ccccc5)c3-4)cc21. The first kappa shape index (κ1) is 36.5. The van der Waals surface area contributed by atoms with Crippen LogP contribution in [0.3, 0.4) is 0 Å². The molecule has 0 unspecified atom stereocenters. The van der Waals surface area contributed by atoms with Gasteiger partial charge in [0.2, 0.25) is 0 Å². The van der Waals surface area contributed by atoms with Crippen molar-refractivity contribution in [3.63, 3.8) is 0 Å².